The highest BCUT2D eigenvalue weighted by Gasteiger charge is 2.20. The van der Waals surface area contributed by atoms with E-state index in [9.17, 15) is 9.59 Å². The van der Waals surface area contributed by atoms with E-state index in [0.717, 1.165) is 11.3 Å². The Labute approximate surface area is 166 Å². The summed E-state index contributed by atoms with van der Waals surface area (Å²) in [5.41, 5.74) is 7.97. The van der Waals surface area contributed by atoms with Crippen LogP contribution in [0, 0.1) is 0 Å². The molecule has 8 heteroatoms. The highest BCUT2D eigenvalue weighted by atomic mass is 32.1. The molecule has 0 aliphatic carbocycles. The normalized spacial score (nSPS) is 11.5. The van der Waals surface area contributed by atoms with Crippen LogP contribution in [0.3, 0.4) is 0 Å². The summed E-state index contributed by atoms with van der Waals surface area (Å²) in [5, 5.41) is 4.90. The van der Waals surface area contributed by atoms with Gasteiger partial charge in [0.05, 0.1) is 18.4 Å². The van der Waals surface area contributed by atoms with Crippen molar-refractivity contribution in [1.29, 1.82) is 0 Å². The van der Waals surface area contributed by atoms with E-state index < -0.39 is 18.0 Å². The minimum atomic E-state index is -0.988. The predicted octanol–water partition coefficient (Wildman–Crippen LogP) is 3.58. The Morgan fingerprint density at radius 3 is 2.71 bits per heavy atom. The van der Waals surface area contributed by atoms with Gasteiger partial charge in [0.15, 0.2) is 11.2 Å². The summed E-state index contributed by atoms with van der Waals surface area (Å²) in [4.78, 5) is 28.9. The molecule has 0 aliphatic heterocycles. The van der Waals surface area contributed by atoms with Gasteiger partial charge in [0.25, 0.3) is 5.91 Å². The maximum absolute atomic E-state index is 12.3. The summed E-state index contributed by atoms with van der Waals surface area (Å²) in [6, 6.07) is 13.8. The number of carbonyl (C=O) groups is 2. The molecule has 0 fully saturated rings. The molecule has 1 unspecified atom stereocenters. The minimum Gasteiger partial charge on any atom is -0.497 e. The third kappa shape index (κ3) is 4.66. The van der Waals surface area contributed by atoms with E-state index in [1.54, 1.807) is 25.3 Å². The molecular weight excluding hydrogens is 378 g/mol. The Morgan fingerprint density at radius 1 is 1.18 bits per heavy atom. The molecule has 2 aromatic carbocycles. The summed E-state index contributed by atoms with van der Waals surface area (Å²) in [7, 11) is 1.60. The van der Waals surface area contributed by atoms with Crippen LogP contribution in [-0.2, 0) is 9.53 Å². The van der Waals surface area contributed by atoms with Crippen LogP contribution in [0.25, 0.3) is 11.3 Å². The molecule has 3 aromatic rings. The van der Waals surface area contributed by atoms with Gasteiger partial charge in [0.1, 0.15) is 5.75 Å². The first-order valence-electron chi connectivity index (χ1n) is 8.43. The van der Waals surface area contributed by atoms with Crippen LogP contribution in [0.2, 0.25) is 0 Å². The Kier molecular flexibility index (Phi) is 5.90. The van der Waals surface area contributed by atoms with Crippen molar-refractivity contribution in [2.24, 2.45) is 0 Å². The molecule has 0 saturated heterocycles. The lowest BCUT2D eigenvalue weighted by Crippen LogP contribution is -2.30. The van der Waals surface area contributed by atoms with Crippen molar-refractivity contribution < 1.29 is 19.1 Å². The zero-order valence-electron chi connectivity index (χ0n) is 15.3. The molecule has 3 rings (SSSR count). The number of hydrogen-bond donors (Lipinski definition) is 2. The zero-order chi connectivity index (χ0) is 20.1. The molecule has 0 saturated carbocycles. The van der Waals surface area contributed by atoms with Crippen molar-refractivity contribution in [2.75, 3.05) is 18.2 Å². The molecule has 0 aliphatic rings. The van der Waals surface area contributed by atoms with E-state index in [4.69, 9.17) is 15.2 Å². The summed E-state index contributed by atoms with van der Waals surface area (Å²) >= 11 is 1.28. The van der Waals surface area contributed by atoms with Crippen molar-refractivity contribution in [3.63, 3.8) is 0 Å². The lowest BCUT2D eigenvalue weighted by molar-refractivity contribution is -0.123. The maximum Gasteiger partial charge on any atom is 0.338 e. The second kappa shape index (κ2) is 8.53. The molecule has 7 nitrogen and oxygen atoms in total. The number of ether oxygens (including phenoxy) is 2. The number of nitrogens with two attached hydrogens (primary N) is 1. The molecule has 0 bridgehead atoms. The van der Waals surface area contributed by atoms with Crippen LogP contribution in [0.15, 0.2) is 53.9 Å². The first-order chi connectivity index (χ1) is 13.5. The van der Waals surface area contributed by atoms with Crippen molar-refractivity contribution in [3.05, 3.63) is 59.5 Å². The number of rotatable bonds is 6. The van der Waals surface area contributed by atoms with Crippen molar-refractivity contribution in [2.45, 2.75) is 13.0 Å². The summed E-state index contributed by atoms with van der Waals surface area (Å²) in [6.45, 7) is 1.50. The average molecular weight is 397 g/mol. The van der Waals surface area contributed by atoms with Crippen LogP contribution < -0.4 is 15.8 Å². The fourth-order valence-electron chi connectivity index (χ4n) is 2.40. The van der Waals surface area contributed by atoms with Gasteiger partial charge in [-0.05, 0) is 37.3 Å². The molecule has 1 atom stereocenters. The number of benzene rings is 2. The fourth-order valence-corrected chi connectivity index (χ4v) is 3.12. The number of methoxy groups -OCH3 is 1. The van der Waals surface area contributed by atoms with Gasteiger partial charge < -0.3 is 15.2 Å². The quantitative estimate of drug-likeness (QED) is 0.487. The molecule has 1 amide bonds. The minimum absolute atomic E-state index is 0.286. The second-order valence-corrected chi connectivity index (χ2v) is 6.79. The van der Waals surface area contributed by atoms with Gasteiger partial charge in [-0.1, -0.05) is 18.2 Å². The molecule has 0 spiro atoms. The molecule has 144 valence electrons. The number of esters is 1. The number of nitrogen functional groups attached to an aromatic ring is 1. The van der Waals surface area contributed by atoms with Crippen LogP contribution in [0.1, 0.15) is 17.3 Å². The Hall–Kier alpha value is -3.39. The van der Waals surface area contributed by atoms with Crippen molar-refractivity contribution in [1.82, 2.24) is 4.98 Å². The van der Waals surface area contributed by atoms with Gasteiger partial charge in [-0.25, -0.2) is 9.78 Å². The molecule has 1 aromatic heterocycles. The van der Waals surface area contributed by atoms with E-state index in [0.29, 0.717) is 16.5 Å². The summed E-state index contributed by atoms with van der Waals surface area (Å²) in [5.74, 6) is -0.367. The number of thiazole rings is 1. The van der Waals surface area contributed by atoms with Crippen molar-refractivity contribution in [3.8, 4) is 17.0 Å². The van der Waals surface area contributed by atoms with Crippen LogP contribution in [0.4, 0.5) is 10.8 Å². The zero-order valence-corrected chi connectivity index (χ0v) is 16.2. The molecule has 3 N–H and O–H groups in total. The Balaban J connectivity index is 1.63. The van der Waals surface area contributed by atoms with Gasteiger partial charge in [0, 0.05) is 16.6 Å². The molecule has 28 heavy (non-hydrogen) atoms. The second-order valence-electron chi connectivity index (χ2n) is 5.93. The number of carbonyl (C=O) groups excluding carboxylic acids is 2. The molecule has 1 heterocycles. The van der Waals surface area contributed by atoms with E-state index >= 15 is 0 Å². The monoisotopic (exact) mass is 397 g/mol. The SMILES string of the molecule is COc1cccc(-c2csc(NC(=O)C(C)OC(=O)c3cccc(N)c3)n2)c1. The number of nitrogens with zero attached hydrogens (tertiary/aromatic N) is 1. The Morgan fingerprint density at radius 2 is 1.96 bits per heavy atom. The van der Waals surface area contributed by atoms with E-state index in [2.05, 4.69) is 10.3 Å². The van der Waals surface area contributed by atoms with Gasteiger partial charge in [-0.3, -0.25) is 10.1 Å². The van der Waals surface area contributed by atoms with E-state index in [1.165, 1.54) is 24.3 Å². The maximum atomic E-state index is 12.3. The number of hydrogen-bond acceptors (Lipinski definition) is 7. The van der Waals surface area contributed by atoms with Gasteiger partial charge >= 0.3 is 5.97 Å². The predicted molar refractivity (Wildman–Crippen MR) is 108 cm³/mol. The highest BCUT2D eigenvalue weighted by molar-refractivity contribution is 7.14. The van der Waals surface area contributed by atoms with Gasteiger partial charge in [0.2, 0.25) is 0 Å². The van der Waals surface area contributed by atoms with Gasteiger partial charge in [-0.2, -0.15) is 0 Å². The standard InChI is InChI=1S/C20H19N3O4S/c1-12(27-19(25)14-6-3-7-15(21)9-14)18(24)23-20-22-17(11-28-20)13-5-4-8-16(10-13)26-2/h3-12H,21H2,1-2H3,(H,22,23,24). The third-order valence-electron chi connectivity index (χ3n) is 3.88. The summed E-state index contributed by atoms with van der Waals surface area (Å²) in [6.07, 6.45) is -0.988. The van der Waals surface area contributed by atoms with Crippen LogP contribution in [0.5, 0.6) is 5.75 Å². The molecule has 0 radical (unpaired) electrons. The van der Waals surface area contributed by atoms with E-state index in [-0.39, 0.29) is 5.56 Å². The number of anilines is 2. The molecular formula is C20H19N3O4S. The average Bonchev–Trinajstić information content (AvgIpc) is 3.16. The fraction of sp³-hybridized carbons (Fsp3) is 0.150. The van der Waals surface area contributed by atoms with E-state index in [1.807, 2.05) is 29.6 Å². The topological polar surface area (TPSA) is 104 Å². The van der Waals surface area contributed by atoms with Crippen LogP contribution in [-0.4, -0.2) is 30.1 Å². The first-order valence-corrected chi connectivity index (χ1v) is 9.31. The van der Waals surface area contributed by atoms with Gasteiger partial charge in [-0.15, -0.1) is 11.3 Å². The smallest absolute Gasteiger partial charge is 0.338 e. The summed E-state index contributed by atoms with van der Waals surface area (Å²) < 4.78 is 10.4. The Bertz CT molecular complexity index is 1000. The van der Waals surface area contributed by atoms with Crippen molar-refractivity contribution >= 4 is 34.0 Å². The first kappa shape index (κ1) is 19.4. The van der Waals surface area contributed by atoms with Crippen LogP contribution >= 0.6 is 11.3 Å². The largest absolute Gasteiger partial charge is 0.497 e. The highest BCUT2D eigenvalue weighted by Crippen LogP contribution is 2.27. The number of amides is 1. The lowest BCUT2D eigenvalue weighted by atomic mass is 10.2. The third-order valence-corrected chi connectivity index (χ3v) is 4.63. The lowest BCUT2D eigenvalue weighted by Gasteiger charge is -2.12. The number of aromatic nitrogens is 1. The number of nitrogens with one attached hydrogen (secondary N) is 1.